The number of nitrogens with zero attached hydrogens (tertiary/aromatic N) is 1. The van der Waals surface area contributed by atoms with E-state index in [1.165, 1.54) is 11.3 Å². The summed E-state index contributed by atoms with van der Waals surface area (Å²) in [5.41, 5.74) is 3.30. The predicted molar refractivity (Wildman–Crippen MR) is 68.6 cm³/mol. The van der Waals surface area contributed by atoms with Crippen LogP contribution in [0.5, 0.6) is 0 Å². The Bertz CT molecular complexity index is 484. The van der Waals surface area contributed by atoms with Gasteiger partial charge in [-0.2, -0.15) is 0 Å². The number of carbonyl (C=O) groups excluding carboxylic acids is 1. The van der Waals surface area contributed by atoms with E-state index in [0.717, 1.165) is 15.9 Å². The van der Waals surface area contributed by atoms with Crippen LogP contribution in [0.2, 0.25) is 0 Å². The highest BCUT2D eigenvalue weighted by atomic mass is 79.9. The van der Waals surface area contributed by atoms with Gasteiger partial charge in [-0.05, 0) is 28.1 Å². The molecule has 3 nitrogen and oxygen atoms in total. The fraction of sp³-hybridized carbons (Fsp3) is 0.0909. The maximum atomic E-state index is 11.7. The molecule has 1 aromatic carbocycles. The zero-order chi connectivity index (χ0) is 11.4. The molecule has 0 aliphatic carbocycles. The van der Waals surface area contributed by atoms with E-state index < -0.39 is 0 Å². The third-order valence-corrected chi connectivity index (χ3v) is 3.30. The first-order valence-corrected chi connectivity index (χ1v) is 6.41. The normalized spacial score (nSPS) is 10.1. The average Bonchev–Trinajstić information content (AvgIpc) is 2.74. The molecule has 2 rings (SSSR count). The van der Waals surface area contributed by atoms with Crippen molar-refractivity contribution in [1.29, 1.82) is 0 Å². The SMILES string of the molecule is O=C(Cc1cscn1)Nc1ccccc1Br. The first kappa shape index (κ1) is 11.3. The van der Waals surface area contributed by atoms with E-state index in [0.29, 0.717) is 6.42 Å². The molecule has 1 aromatic heterocycles. The van der Waals surface area contributed by atoms with Crippen molar-refractivity contribution in [3.63, 3.8) is 0 Å². The summed E-state index contributed by atoms with van der Waals surface area (Å²) in [5.74, 6) is -0.0576. The summed E-state index contributed by atoms with van der Waals surface area (Å²) in [7, 11) is 0. The number of carbonyl (C=O) groups is 1. The fourth-order valence-electron chi connectivity index (χ4n) is 1.25. The highest BCUT2D eigenvalue weighted by molar-refractivity contribution is 9.10. The molecule has 0 radical (unpaired) electrons. The van der Waals surface area contributed by atoms with Gasteiger partial charge >= 0.3 is 0 Å². The number of nitrogens with one attached hydrogen (secondary N) is 1. The fourth-order valence-corrected chi connectivity index (χ4v) is 2.19. The lowest BCUT2D eigenvalue weighted by Crippen LogP contribution is -2.14. The van der Waals surface area contributed by atoms with Crippen LogP contribution in [0.4, 0.5) is 5.69 Å². The Morgan fingerprint density at radius 1 is 1.44 bits per heavy atom. The van der Waals surface area contributed by atoms with Gasteiger partial charge in [-0.1, -0.05) is 12.1 Å². The van der Waals surface area contributed by atoms with Gasteiger partial charge in [0.15, 0.2) is 0 Å². The van der Waals surface area contributed by atoms with Crippen LogP contribution in [0.1, 0.15) is 5.69 Å². The van der Waals surface area contributed by atoms with Crippen molar-refractivity contribution in [2.24, 2.45) is 0 Å². The van der Waals surface area contributed by atoms with Gasteiger partial charge in [-0.3, -0.25) is 4.79 Å². The van der Waals surface area contributed by atoms with Crippen LogP contribution < -0.4 is 5.32 Å². The lowest BCUT2D eigenvalue weighted by atomic mass is 10.3. The van der Waals surface area contributed by atoms with Gasteiger partial charge in [-0.25, -0.2) is 4.98 Å². The number of anilines is 1. The molecular weight excluding hydrogens is 288 g/mol. The molecule has 0 fully saturated rings. The van der Waals surface area contributed by atoms with Crippen LogP contribution in [0.3, 0.4) is 0 Å². The number of para-hydroxylation sites is 1. The van der Waals surface area contributed by atoms with Crippen LogP contribution in [-0.4, -0.2) is 10.9 Å². The highest BCUT2D eigenvalue weighted by Crippen LogP contribution is 2.21. The molecule has 82 valence electrons. The zero-order valence-electron chi connectivity index (χ0n) is 8.31. The molecule has 16 heavy (non-hydrogen) atoms. The van der Waals surface area contributed by atoms with Crippen molar-refractivity contribution < 1.29 is 4.79 Å². The molecule has 5 heteroatoms. The van der Waals surface area contributed by atoms with Gasteiger partial charge in [0.2, 0.25) is 5.91 Å². The maximum absolute atomic E-state index is 11.7. The summed E-state index contributed by atoms with van der Waals surface area (Å²) in [5, 5.41) is 4.70. The minimum atomic E-state index is -0.0576. The minimum Gasteiger partial charge on any atom is -0.325 e. The molecule has 1 amide bonds. The van der Waals surface area contributed by atoms with Gasteiger partial charge in [0.1, 0.15) is 0 Å². The standard InChI is InChI=1S/C11H9BrN2OS/c12-9-3-1-2-4-10(9)14-11(15)5-8-6-16-7-13-8/h1-4,6-7H,5H2,(H,14,15). The molecule has 0 saturated heterocycles. The van der Waals surface area contributed by atoms with Crippen molar-refractivity contribution in [2.75, 3.05) is 5.32 Å². The Balaban J connectivity index is 2.00. The number of rotatable bonds is 3. The monoisotopic (exact) mass is 296 g/mol. The average molecular weight is 297 g/mol. The second-order valence-electron chi connectivity index (χ2n) is 3.18. The smallest absolute Gasteiger partial charge is 0.230 e. The quantitative estimate of drug-likeness (QED) is 0.946. The summed E-state index contributed by atoms with van der Waals surface area (Å²) in [4.78, 5) is 15.7. The minimum absolute atomic E-state index is 0.0576. The van der Waals surface area contributed by atoms with E-state index in [9.17, 15) is 4.79 Å². The zero-order valence-corrected chi connectivity index (χ0v) is 10.7. The van der Waals surface area contributed by atoms with E-state index in [1.807, 2.05) is 29.6 Å². The first-order valence-electron chi connectivity index (χ1n) is 4.67. The topological polar surface area (TPSA) is 42.0 Å². The molecule has 0 aliphatic rings. The molecule has 0 bridgehead atoms. The number of hydrogen-bond acceptors (Lipinski definition) is 3. The van der Waals surface area contributed by atoms with Crippen molar-refractivity contribution in [2.45, 2.75) is 6.42 Å². The number of hydrogen-bond donors (Lipinski definition) is 1. The molecule has 0 unspecified atom stereocenters. The van der Waals surface area contributed by atoms with E-state index >= 15 is 0 Å². The van der Waals surface area contributed by atoms with E-state index in [2.05, 4.69) is 26.2 Å². The van der Waals surface area contributed by atoms with Gasteiger partial charge in [0.25, 0.3) is 0 Å². The van der Waals surface area contributed by atoms with Gasteiger partial charge in [-0.15, -0.1) is 11.3 Å². The van der Waals surface area contributed by atoms with Gasteiger partial charge in [0, 0.05) is 9.85 Å². The van der Waals surface area contributed by atoms with Crippen molar-refractivity contribution in [3.8, 4) is 0 Å². The van der Waals surface area contributed by atoms with Crippen molar-refractivity contribution in [3.05, 3.63) is 45.3 Å². The third kappa shape index (κ3) is 2.90. The summed E-state index contributed by atoms with van der Waals surface area (Å²) >= 11 is 4.87. The van der Waals surface area contributed by atoms with Crippen LogP contribution in [0.15, 0.2) is 39.6 Å². The van der Waals surface area contributed by atoms with Crippen LogP contribution >= 0.6 is 27.3 Å². The lowest BCUT2D eigenvalue weighted by Gasteiger charge is -2.05. The Kier molecular flexibility index (Phi) is 3.69. The van der Waals surface area contributed by atoms with Crippen molar-refractivity contribution in [1.82, 2.24) is 4.98 Å². The summed E-state index contributed by atoms with van der Waals surface area (Å²) < 4.78 is 0.877. The van der Waals surface area contributed by atoms with Gasteiger partial charge < -0.3 is 5.32 Å². The summed E-state index contributed by atoms with van der Waals surface area (Å²) in [6, 6.07) is 7.52. The summed E-state index contributed by atoms with van der Waals surface area (Å²) in [6.07, 6.45) is 0.310. The first-order chi connectivity index (χ1) is 7.75. The molecule has 0 atom stereocenters. The molecule has 1 N–H and O–H groups in total. The predicted octanol–water partition coefficient (Wildman–Crippen LogP) is 3.09. The Morgan fingerprint density at radius 2 is 2.25 bits per heavy atom. The highest BCUT2D eigenvalue weighted by Gasteiger charge is 2.06. The molecule has 2 aromatic rings. The van der Waals surface area contributed by atoms with E-state index in [1.54, 1.807) is 5.51 Å². The second-order valence-corrected chi connectivity index (χ2v) is 4.76. The van der Waals surface area contributed by atoms with E-state index in [4.69, 9.17) is 0 Å². The largest absolute Gasteiger partial charge is 0.325 e. The number of aromatic nitrogens is 1. The molecule has 0 saturated carbocycles. The number of benzene rings is 1. The van der Waals surface area contributed by atoms with Crippen LogP contribution in [0.25, 0.3) is 0 Å². The third-order valence-electron chi connectivity index (χ3n) is 1.97. The van der Waals surface area contributed by atoms with Crippen molar-refractivity contribution >= 4 is 38.9 Å². The lowest BCUT2D eigenvalue weighted by molar-refractivity contribution is -0.115. The Morgan fingerprint density at radius 3 is 2.94 bits per heavy atom. The van der Waals surface area contributed by atoms with Gasteiger partial charge in [0.05, 0.1) is 23.3 Å². The number of amides is 1. The molecule has 0 aliphatic heterocycles. The van der Waals surface area contributed by atoms with Crippen LogP contribution in [0, 0.1) is 0 Å². The van der Waals surface area contributed by atoms with Crippen LogP contribution in [-0.2, 0) is 11.2 Å². The molecule has 0 spiro atoms. The Hall–Kier alpha value is -1.20. The second kappa shape index (κ2) is 5.23. The number of halogens is 1. The molecule has 1 heterocycles. The summed E-state index contributed by atoms with van der Waals surface area (Å²) in [6.45, 7) is 0. The van der Waals surface area contributed by atoms with E-state index in [-0.39, 0.29) is 5.91 Å². The molecular formula is C11H9BrN2OS. The number of thiazole rings is 1. The maximum Gasteiger partial charge on any atom is 0.230 e. The Labute approximate surface area is 106 Å².